The van der Waals surface area contributed by atoms with Crippen LogP contribution in [0.4, 0.5) is 0 Å². The van der Waals surface area contributed by atoms with Gasteiger partial charge in [0, 0.05) is 18.3 Å². The first-order valence-corrected chi connectivity index (χ1v) is 11.1. The molecular weight excluding hydrogens is 368 g/mol. The molecule has 2 fully saturated rings. The van der Waals surface area contributed by atoms with Crippen molar-refractivity contribution in [3.05, 3.63) is 29.3 Å². The topological polar surface area (TPSA) is 72.8 Å². The molecule has 6 atom stereocenters. The first-order chi connectivity index (χ1) is 13.9. The average Bonchev–Trinajstić information content (AvgIpc) is 2.98. The van der Waals surface area contributed by atoms with Gasteiger partial charge >= 0.3 is 11.9 Å². The molecule has 3 aliphatic carbocycles. The van der Waals surface area contributed by atoms with Crippen LogP contribution in [0.25, 0.3) is 0 Å². The Morgan fingerprint density at radius 3 is 2.66 bits per heavy atom. The van der Waals surface area contributed by atoms with E-state index in [1.54, 1.807) is 13.8 Å². The molecule has 5 nitrogen and oxygen atoms in total. The van der Waals surface area contributed by atoms with E-state index < -0.39 is 6.10 Å². The van der Waals surface area contributed by atoms with Gasteiger partial charge in [0.25, 0.3) is 0 Å². The van der Waals surface area contributed by atoms with E-state index in [0.29, 0.717) is 36.3 Å². The van der Waals surface area contributed by atoms with Gasteiger partial charge in [0.15, 0.2) is 0 Å². The van der Waals surface area contributed by atoms with Crippen molar-refractivity contribution >= 4 is 11.9 Å². The zero-order chi connectivity index (χ0) is 20.8. The second-order valence-corrected chi connectivity index (χ2v) is 9.21. The van der Waals surface area contributed by atoms with Gasteiger partial charge in [-0.3, -0.25) is 9.59 Å². The summed E-state index contributed by atoms with van der Waals surface area (Å²) in [6.07, 6.45) is 4.49. The van der Waals surface area contributed by atoms with Crippen molar-refractivity contribution in [1.29, 1.82) is 0 Å². The molecule has 1 aromatic carbocycles. The van der Waals surface area contributed by atoms with Gasteiger partial charge in [0.2, 0.25) is 0 Å². The van der Waals surface area contributed by atoms with E-state index in [1.807, 2.05) is 12.1 Å². The Morgan fingerprint density at radius 1 is 1.17 bits per heavy atom. The van der Waals surface area contributed by atoms with Crippen molar-refractivity contribution in [2.24, 2.45) is 17.3 Å². The summed E-state index contributed by atoms with van der Waals surface area (Å²) in [6.45, 7) is 5.77. The largest absolute Gasteiger partial charge is 0.460 e. The molecular formula is C24H32O5. The number of esters is 2. The Balaban J connectivity index is 1.56. The zero-order valence-corrected chi connectivity index (χ0v) is 17.6. The minimum absolute atomic E-state index is 0.187. The number of ether oxygens (including phenoxy) is 2. The fourth-order valence-electron chi connectivity index (χ4n) is 6.15. The average molecular weight is 401 g/mol. The van der Waals surface area contributed by atoms with Gasteiger partial charge in [-0.2, -0.15) is 0 Å². The number of benzene rings is 1. The van der Waals surface area contributed by atoms with Crippen molar-refractivity contribution in [3.8, 4) is 5.75 Å². The third kappa shape index (κ3) is 3.48. The first kappa shape index (κ1) is 20.4. The Morgan fingerprint density at radius 2 is 1.93 bits per heavy atom. The van der Waals surface area contributed by atoms with Crippen molar-refractivity contribution in [1.82, 2.24) is 0 Å². The molecule has 0 radical (unpaired) electrons. The Labute approximate surface area is 172 Å². The summed E-state index contributed by atoms with van der Waals surface area (Å²) in [5.74, 6) is 1.51. The van der Waals surface area contributed by atoms with Crippen molar-refractivity contribution in [2.45, 2.75) is 83.8 Å². The van der Waals surface area contributed by atoms with Crippen LogP contribution in [-0.4, -0.2) is 29.3 Å². The fourth-order valence-corrected chi connectivity index (χ4v) is 6.15. The van der Waals surface area contributed by atoms with E-state index >= 15 is 0 Å². The molecule has 1 aromatic rings. The standard InChI is InChI=1S/C24H32O5/c1-4-21(25)28-15-7-9-16-14(12-15)6-8-18-17(16)10-11-24(3)19(18)13-20(23(24)27)29-22(26)5-2/h7,9,12,17-20,23,27H,4-6,8,10-11,13H2,1-3H3/t17-,18-,19+,20-,23+,24+/m1/s1. The number of aliphatic hydroxyl groups excluding tert-OH is 1. The number of hydrogen-bond acceptors (Lipinski definition) is 5. The summed E-state index contributed by atoms with van der Waals surface area (Å²) in [5, 5.41) is 11.0. The van der Waals surface area contributed by atoms with Gasteiger partial charge in [-0.1, -0.05) is 26.8 Å². The van der Waals surface area contributed by atoms with Gasteiger partial charge < -0.3 is 14.6 Å². The zero-order valence-electron chi connectivity index (χ0n) is 17.6. The van der Waals surface area contributed by atoms with Crippen LogP contribution in [0.2, 0.25) is 0 Å². The lowest BCUT2D eigenvalue weighted by Gasteiger charge is -2.49. The summed E-state index contributed by atoms with van der Waals surface area (Å²) < 4.78 is 11.0. The van der Waals surface area contributed by atoms with Gasteiger partial charge in [-0.25, -0.2) is 0 Å². The van der Waals surface area contributed by atoms with Crippen molar-refractivity contribution < 1.29 is 24.2 Å². The van der Waals surface area contributed by atoms with Crippen molar-refractivity contribution in [3.63, 3.8) is 0 Å². The lowest BCUT2D eigenvalue weighted by atomic mass is 9.55. The number of fused-ring (bicyclic) bond motifs is 5. The molecule has 5 heteroatoms. The van der Waals surface area contributed by atoms with Gasteiger partial charge in [-0.05, 0) is 73.1 Å². The Bertz CT molecular complexity index is 802. The highest BCUT2D eigenvalue weighted by Gasteiger charge is 2.59. The second kappa shape index (κ2) is 7.75. The smallest absolute Gasteiger partial charge is 0.310 e. The molecule has 1 N–H and O–H groups in total. The van der Waals surface area contributed by atoms with E-state index in [-0.39, 0.29) is 23.5 Å². The van der Waals surface area contributed by atoms with Gasteiger partial charge in [-0.15, -0.1) is 0 Å². The van der Waals surface area contributed by atoms with Crippen molar-refractivity contribution in [2.75, 3.05) is 0 Å². The van der Waals surface area contributed by atoms with Gasteiger partial charge in [0.05, 0.1) is 6.10 Å². The minimum Gasteiger partial charge on any atom is -0.460 e. The molecule has 4 rings (SSSR count). The highest BCUT2D eigenvalue weighted by atomic mass is 16.6. The third-order valence-electron chi connectivity index (χ3n) is 7.74. The first-order valence-electron chi connectivity index (χ1n) is 11.1. The third-order valence-corrected chi connectivity index (χ3v) is 7.74. The maximum Gasteiger partial charge on any atom is 0.310 e. The summed E-state index contributed by atoms with van der Waals surface area (Å²) in [7, 11) is 0. The Kier molecular flexibility index (Phi) is 5.45. The van der Waals surface area contributed by atoms with Crippen LogP contribution < -0.4 is 4.74 Å². The molecule has 0 spiro atoms. The number of hydrogen-bond donors (Lipinski definition) is 1. The van der Waals surface area contributed by atoms with E-state index in [0.717, 1.165) is 32.1 Å². The van der Waals surface area contributed by atoms with Crippen LogP contribution in [0.5, 0.6) is 5.75 Å². The van der Waals surface area contributed by atoms with E-state index in [9.17, 15) is 14.7 Å². The number of carbonyl (C=O) groups excluding carboxylic acids is 2. The fraction of sp³-hybridized carbons (Fsp3) is 0.667. The molecule has 0 aromatic heterocycles. The number of rotatable bonds is 4. The normalized spacial score (nSPS) is 35.2. The summed E-state index contributed by atoms with van der Waals surface area (Å²) in [6, 6.07) is 6.08. The Hall–Kier alpha value is -1.88. The van der Waals surface area contributed by atoms with E-state index in [4.69, 9.17) is 9.47 Å². The highest BCUT2D eigenvalue weighted by molar-refractivity contribution is 5.72. The highest BCUT2D eigenvalue weighted by Crippen LogP contribution is 2.61. The summed E-state index contributed by atoms with van der Waals surface area (Å²) >= 11 is 0. The van der Waals surface area contributed by atoms with Crippen LogP contribution in [-0.2, 0) is 20.7 Å². The molecule has 0 heterocycles. The predicted molar refractivity (Wildman–Crippen MR) is 109 cm³/mol. The lowest BCUT2D eigenvalue weighted by Crippen LogP contribution is -2.45. The molecule has 0 saturated heterocycles. The van der Waals surface area contributed by atoms with Crippen LogP contribution in [0, 0.1) is 17.3 Å². The molecule has 29 heavy (non-hydrogen) atoms. The van der Waals surface area contributed by atoms with E-state index in [2.05, 4.69) is 13.0 Å². The second-order valence-electron chi connectivity index (χ2n) is 9.21. The quantitative estimate of drug-likeness (QED) is 0.607. The van der Waals surface area contributed by atoms with E-state index in [1.165, 1.54) is 11.1 Å². The van der Waals surface area contributed by atoms with Crippen LogP contribution in [0.15, 0.2) is 18.2 Å². The molecule has 0 bridgehead atoms. The maximum absolute atomic E-state index is 11.8. The number of carbonyl (C=O) groups is 2. The predicted octanol–water partition coefficient (Wildman–Crippen LogP) is 4.15. The lowest BCUT2D eigenvalue weighted by molar-refractivity contribution is -0.155. The molecule has 0 unspecified atom stereocenters. The molecule has 0 aliphatic heterocycles. The molecule has 2 saturated carbocycles. The number of aryl methyl sites for hydroxylation is 1. The monoisotopic (exact) mass is 400 g/mol. The summed E-state index contributed by atoms with van der Waals surface area (Å²) in [5.41, 5.74) is 2.46. The molecule has 158 valence electrons. The molecule has 0 amide bonds. The summed E-state index contributed by atoms with van der Waals surface area (Å²) in [4.78, 5) is 23.4. The maximum atomic E-state index is 11.8. The minimum atomic E-state index is -0.582. The van der Waals surface area contributed by atoms with Crippen LogP contribution in [0.1, 0.15) is 76.3 Å². The van der Waals surface area contributed by atoms with Gasteiger partial charge in [0.1, 0.15) is 11.9 Å². The van der Waals surface area contributed by atoms with Crippen LogP contribution >= 0.6 is 0 Å². The SMILES string of the molecule is CCC(=O)Oc1ccc2c(c1)CC[C@@H]1[C@@H]2CC[C@]2(C)[C@@H](O)[C@H](OC(=O)CC)C[C@@H]12. The number of aliphatic hydroxyl groups is 1. The molecule has 3 aliphatic rings. The van der Waals surface area contributed by atoms with Crippen LogP contribution in [0.3, 0.4) is 0 Å².